The number of aromatic hydroxyl groups is 1. The lowest BCUT2D eigenvalue weighted by Gasteiger charge is -2.13. The van der Waals surface area contributed by atoms with Crippen LogP contribution in [0.5, 0.6) is 17.5 Å². The normalized spacial score (nSPS) is 10.8. The number of benzene rings is 1. The van der Waals surface area contributed by atoms with Crippen molar-refractivity contribution < 1.29 is 9.84 Å². The molecule has 2 rings (SSSR count). The van der Waals surface area contributed by atoms with E-state index in [0.29, 0.717) is 11.8 Å². The molecule has 0 bridgehead atoms. The number of ether oxygens (including phenoxy) is 1. The van der Waals surface area contributed by atoms with E-state index in [1.807, 2.05) is 18.4 Å². The second-order valence-corrected chi connectivity index (χ2v) is 4.74. The molecule has 2 aromatic rings. The number of nitrogens with zero attached hydrogens (tertiary/aromatic N) is 2. The van der Waals surface area contributed by atoms with E-state index in [1.165, 1.54) is 0 Å². The first kappa shape index (κ1) is 12.0. The quantitative estimate of drug-likeness (QED) is 0.939. The maximum atomic E-state index is 9.36. The highest BCUT2D eigenvalue weighted by molar-refractivity contribution is 9.10. The SMILES string of the molecule is CC(C)n1c(Br)cnc1Oc1cccc(O)c1. The summed E-state index contributed by atoms with van der Waals surface area (Å²) < 4.78 is 8.42. The summed E-state index contributed by atoms with van der Waals surface area (Å²) in [7, 11) is 0. The Hall–Kier alpha value is -1.49. The molecule has 0 aliphatic rings. The highest BCUT2D eigenvalue weighted by Crippen LogP contribution is 2.28. The van der Waals surface area contributed by atoms with Gasteiger partial charge in [-0.05, 0) is 41.9 Å². The molecule has 0 unspecified atom stereocenters. The second-order valence-electron chi connectivity index (χ2n) is 3.93. The van der Waals surface area contributed by atoms with E-state index in [0.717, 1.165) is 4.60 Å². The summed E-state index contributed by atoms with van der Waals surface area (Å²) in [5, 5.41) is 9.36. The topological polar surface area (TPSA) is 47.3 Å². The third-order valence-corrected chi connectivity index (χ3v) is 2.85. The molecule has 4 nitrogen and oxygen atoms in total. The number of hydrogen-bond donors (Lipinski definition) is 1. The van der Waals surface area contributed by atoms with Crippen LogP contribution in [0.2, 0.25) is 0 Å². The summed E-state index contributed by atoms with van der Waals surface area (Å²) in [5.74, 6) is 0.731. The molecule has 5 heteroatoms. The number of halogens is 1. The average Bonchev–Trinajstić information content (AvgIpc) is 2.59. The van der Waals surface area contributed by atoms with E-state index in [2.05, 4.69) is 20.9 Å². The Kier molecular flexibility index (Phi) is 3.38. The number of imidazole rings is 1. The highest BCUT2D eigenvalue weighted by atomic mass is 79.9. The van der Waals surface area contributed by atoms with Gasteiger partial charge in [-0.1, -0.05) is 6.07 Å². The van der Waals surface area contributed by atoms with Crippen molar-refractivity contribution in [2.45, 2.75) is 19.9 Å². The summed E-state index contributed by atoms with van der Waals surface area (Å²) in [6.07, 6.45) is 1.69. The largest absolute Gasteiger partial charge is 0.508 e. The number of aromatic nitrogens is 2. The first-order chi connectivity index (χ1) is 8.08. The van der Waals surface area contributed by atoms with Gasteiger partial charge in [0, 0.05) is 12.1 Å². The van der Waals surface area contributed by atoms with Crippen molar-refractivity contribution in [2.75, 3.05) is 0 Å². The van der Waals surface area contributed by atoms with Crippen molar-refractivity contribution in [1.29, 1.82) is 0 Å². The lowest BCUT2D eigenvalue weighted by Crippen LogP contribution is -2.03. The van der Waals surface area contributed by atoms with Crippen molar-refractivity contribution >= 4 is 15.9 Å². The van der Waals surface area contributed by atoms with Crippen LogP contribution < -0.4 is 4.74 Å². The Balaban J connectivity index is 2.30. The fraction of sp³-hybridized carbons (Fsp3) is 0.250. The molecule has 0 aliphatic heterocycles. The van der Waals surface area contributed by atoms with Gasteiger partial charge >= 0.3 is 6.01 Å². The minimum Gasteiger partial charge on any atom is -0.508 e. The lowest BCUT2D eigenvalue weighted by atomic mass is 10.3. The summed E-state index contributed by atoms with van der Waals surface area (Å²) >= 11 is 3.42. The summed E-state index contributed by atoms with van der Waals surface area (Å²) in [5.41, 5.74) is 0. The third kappa shape index (κ3) is 2.61. The van der Waals surface area contributed by atoms with Gasteiger partial charge in [0.2, 0.25) is 0 Å². The van der Waals surface area contributed by atoms with E-state index < -0.39 is 0 Å². The first-order valence-corrected chi connectivity index (χ1v) is 6.07. The maximum Gasteiger partial charge on any atom is 0.302 e. The zero-order valence-corrected chi connectivity index (χ0v) is 11.2. The molecule has 0 fully saturated rings. The van der Waals surface area contributed by atoms with E-state index in [4.69, 9.17) is 4.74 Å². The fourth-order valence-corrected chi connectivity index (χ4v) is 2.18. The van der Waals surface area contributed by atoms with Gasteiger partial charge in [0.1, 0.15) is 16.1 Å². The van der Waals surface area contributed by atoms with Crippen LogP contribution in [0.15, 0.2) is 35.1 Å². The van der Waals surface area contributed by atoms with Crippen molar-refractivity contribution in [3.05, 3.63) is 35.1 Å². The van der Waals surface area contributed by atoms with E-state index in [9.17, 15) is 5.11 Å². The summed E-state index contributed by atoms with van der Waals surface area (Å²) in [4.78, 5) is 4.17. The van der Waals surface area contributed by atoms with Crippen molar-refractivity contribution in [3.8, 4) is 17.5 Å². The molecular formula is C12H13BrN2O2. The maximum absolute atomic E-state index is 9.36. The zero-order valence-electron chi connectivity index (χ0n) is 9.59. The van der Waals surface area contributed by atoms with Crippen molar-refractivity contribution in [2.24, 2.45) is 0 Å². The molecule has 1 N–H and O–H groups in total. The van der Waals surface area contributed by atoms with Gasteiger partial charge < -0.3 is 9.84 Å². The summed E-state index contributed by atoms with van der Waals surface area (Å²) in [6.45, 7) is 4.09. The Morgan fingerprint density at radius 3 is 2.82 bits per heavy atom. The van der Waals surface area contributed by atoms with E-state index >= 15 is 0 Å². The van der Waals surface area contributed by atoms with Crippen LogP contribution in [0.3, 0.4) is 0 Å². The van der Waals surface area contributed by atoms with Crippen LogP contribution in [0.25, 0.3) is 0 Å². The number of phenols is 1. The van der Waals surface area contributed by atoms with Crippen LogP contribution in [-0.2, 0) is 0 Å². The smallest absolute Gasteiger partial charge is 0.302 e. The molecule has 1 aromatic carbocycles. The van der Waals surface area contributed by atoms with Crippen LogP contribution >= 0.6 is 15.9 Å². The Labute approximate surface area is 108 Å². The number of rotatable bonds is 3. The van der Waals surface area contributed by atoms with Gasteiger partial charge in [0.05, 0.1) is 6.20 Å². The van der Waals surface area contributed by atoms with Crippen LogP contribution in [-0.4, -0.2) is 14.7 Å². The molecule has 1 aromatic heterocycles. The van der Waals surface area contributed by atoms with Crippen molar-refractivity contribution in [1.82, 2.24) is 9.55 Å². The molecule has 0 amide bonds. The van der Waals surface area contributed by atoms with Crippen molar-refractivity contribution in [3.63, 3.8) is 0 Å². The van der Waals surface area contributed by atoms with Gasteiger partial charge in [-0.3, -0.25) is 4.57 Å². The van der Waals surface area contributed by atoms with Crippen LogP contribution in [0.1, 0.15) is 19.9 Å². The first-order valence-electron chi connectivity index (χ1n) is 5.27. The minimum absolute atomic E-state index is 0.171. The van der Waals surface area contributed by atoms with Gasteiger partial charge in [0.15, 0.2) is 0 Å². The van der Waals surface area contributed by atoms with E-state index in [1.54, 1.807) is 30.5 Å². The molecule has 1 heterocycles. The zero-order chi connectivity index (χ0) is 12.4. The number of phenolic OH excluding ortho intramolecular Hbond substituents is 1. The van der Waals surface area contributed by atoms with Gasteiger partial charge in [-0.25, -0.2) is 4.98 Å². The fourth-order valence-electron chi connectivity index (χ4n) is 1.52. The standard InChI is InChI=1S/C12H13BrN2O2/c1-8(2)15-11(13)7-14-12(15)17-10-5-3-4-9(16)6-10/h3-8,16H,1-2H3. The number of hydrogen-bond acceptors (Lipinski definition) is 3. The third-order valence-electron chi connectivity index (χ3n) is 2.26. The van der Waals surface area contributed by atoms with Gasteiger partial charge in [-0.15, -0.1) is 0 Å². The predicted molar refractivity (Wildman–Crippen MR) is 68.5 cm³/mol. The molecule has 0 atom stereocenters. The molecule has 0 radical (unpaired) electrons. The Bertz CT molecular complexity index is 523. The Morgan fingerprint density at radius 2 is 2.18 bits per heavy atom. The molecule has 0 spiro atoms. The molecule has 90 valence electrons. The molecule has 0 aliphatic carbocycles. The van der Waals surface area contributed by atoms with Crippen LogP contribution in [0.4, 0.5) is 0 Å². The van der Waals surface area contributed by atoms with Gasteiger partial charge in [-0.2, -0.15) is 0 Å². The molecule has 0 saturated carbocycles. The average molecular weight is 297 g/mol. The predicted octanol–water partition coefficient (Wildman–Crippen LogP) is 3.72. The Morgan fingerprint density at radius 1 is 1.41 bits per heavy atom. The monoisotopic (exact) mass is 296 g/mol. The van der Waals surface area contributed by atoms with E-state index in [-0.39, 0.29) is 11.8 Å². The highest BCUT2D eigenvalue weighted by Gasteiger charge is 2.13. The molecule has 17 heavy (non-hydrogen) atoms. The minimum atomic E-state index is 0.171. The molecular weight excluding hydrogens is 284 g/mol. The summed E-state index contributed by atoms with van der Waals surface area (Å²) in [6, 6.07) is 7.37. The molecule has 0 saturated heterocycles. The lowest BCUT2D eigenvalue weighted by molar-refractivity contribution is 0.389. The van der Waals surface area contributed by atoms with Gasteiger partial charge in [0.25, 0.3) is 0 Å². The van der Waals surface area contributed by atoms with Crippen LogP contribution in [0, 0.1) is 0 Å². The second kappa shape index (κ2) is 4.79.